The van der Waals surface area contributed by atoms with Gasteiger partial charge in [-0.15, -0.1) is 11.3 Å². The van der Waals surface area contributed by atoms with Crippen molar-refractivity contribution in [2.24, 2.45) is 0 Å². The Kier molecular flexibility index (Phi) is 3.49. The van der Waals surface area contributed by atoms with E-state index in [0.717, 1.165) is 17.7 Å². The van der Waals surface area contributed by atoms with E-state index in [9.17, 15) is 8.42 Å². The third kappa shape index (κ3) is 2.56. The maximum Gasteiger partial charge on any atom is 0.247 e. The van der Waals surface area contributed by atoms with Crippen molar-refractivity contribution in [3.8, 4) is 0 Å². The Morgan fingerprint density at radius 1 is 1.40 bits per heavy atom. The van der Waals surface area contributed by atoms with Gasteiger partial charge in [0.15, 0.2) is 0 Å². The second kappa shape index (κ2) is 5.16. The molecule has 2 aromatic rings. The first kappa shape index (κ1) is 13.5. The standard InChI is InChI=1S/C13H15N3O2S2/c14-12-5-6-15-8-13(12)20(17,18)16(10-3-4-10)9-11-2-1-7-19-11/h1-2,5-8,10H,3-4,9H2,(H2,14,15). The van der Waals surface area contributed by atoms with Crippen LogP contribution in [0.4, 0.5) is 5.69 Å². The smallest absolute Gasteiger partial charge is 0.247 e. The van der Waals surface area contributed by atoms with Crippen LogP contribution in [0.2, 0.25) is 0 Å². The molecule has 0 aromatic carbocycles. The Morgan fingerprint density at radius 2 is 2.20 bits per heavy atom. The number of rotatable bonds is 5. The zero-order valence-electron chi connectivity index (χ0n) is 10.8. The number of hydrogen-bond donors (Lipinski definition) is 1. The van der Waals surface area contributed by atoms with Gasteiger partial charge in [-0.3, -0.25) is 4.98 Å². The lowest BCUT2D eigenvalue weighted by atomic mass is 10.4. The number of nitrogens with zero attached hydrogens (tertiary/aromatic N) is 2. The van der Waals surface area contributed by atoms with Gasteiger partial charge in [0.1, 0.15) is 4.90 Å². The number of thiophene rings is 1. The van der Waals surface area contributed by atoms with Gasteiger partial charge in [-0.05, 0) is 30.4 Å². The van der Waals surface area contributed by atoms with Crippen LogP contribution >= 0.6 is 11.3 Å². The highest BCUT2D eigenvalue weighted by atomic mass is 32.2. The monoisotopic (exact) mass is 309 g/mol. The van der Waals surface area contributed by atoms with Gasteiger partial charge in [0, 0.05) is 29.9 Å². The molecule has 0 unspecified atom stereocenters. The van der Waals surface area contributed by atoms with Gasteiger partial charge < -0.3 is 5.73 Å². The molecule has 1 aliphatic rings. The molecule has 2 heterocycles. The van der Waals surface area contributed by atoms with Crippen LogP contribution in [0, 0.1) is 0 Å². The van der Waals surface area contributed by atoms with Gasteiger partial charge >= 0.3 is 0 Å². The Labute approximate surface area is 122 Å². The summed E-state index contributed by atoms with van der Waals surface area (Å²) in [5.74, 6) is 0. The molecule has 1 aliphatic carbocycles. The molecular formula is C13H15N3O2S2. The van der Waals surface area contributed by atoms with Crippen LogP contribution in [0.1, 0.15) is 17.7 Å². The Hall–Kier alpha value is -1.44. The second-order valence-electron chi connectivity index (χ2n) is 4.77. The lowest BCUT2D eigenvalue weighted by Crippen LogP contribution is -2.33. The summed E-state index contributed by atoms with van der Waals surface area (Å²) in [5.41, 5.74) is 6.04. The predicted octanol–water partition coefficient (Wildman–Crippen LogP) is 2.08. The molecule has 7 heteroatoms. The fourth-order valence-corrected chi connectivity index (χ4v) is 4.57. The van der Waals surface area contributed by atoms with Crippen LogP contribution in [0.5, 0.6) is 0 Å². The van der Waals surface area contributed by atoms with Crippen molar-refractivity contribution in [3.05, 3.63) is 40.8 Å². The molecule has 0 radical (unpaired) electrons. The zero-order valence-corrected chi connectivity index (χ0v) is 12.4. The van der Waals surface area contributed by atoms with Gasteiger partial charge in [-0.25, -0.2) is 8.42 Å². The molecule has 5 nitrogen and oxygen atoms in total. The average Bonchev–Trinajstić information content (AvgIpc) is 3.12. The largest absolute Gasteiger partial charge is 0.398 e. The van der Waals surface area contributed by atoms with E-state index in [1.807, 2.05) is 17.5 Å². The van der Waals surface area contributed by atoms with Gasteiger partial charge in [-0.2, -0.15) is 4.31 Å². The summed E-state index contributed by atoms with van der Waals surface area (Å²) in [6.07, 6.45) is 4.64. The van der Waals surface area contributed by atoms with Crippen LogP contribution in [0.3, 0.4) is 0 Å². The van der Waals surface area contributed by atoms with Crippen molar-refractivity contribution in [2.45, 2.75) is 30.3 Å². The Morgan fingerprint density at radius 3 is 2.80 bits per heavy atom. The topological polar surface area (TPSA) is 76.3 Å². The van der Waals surface area contributed by atoms with Crippen LogP contribution in [-0.2, 0) is 16.6 Å². The molecule has 0 saturated heterocycles. The van der Waals surface area contributed by atoms with Gasteiger partial charge in [0.05, 0.1) is 5.69 Å². The third-order valence-corrected chi connectivity index (χ3v) is 6.05. The van der Waals surface area contributed by atoms with Crippen molar-refractivity contribution >= 4 is 27.0 Å². The minimum atomic E-state index is -3.59. The molecule has 0 amide bonds. The predicted molar refractivity (Wildman–Crippen MR) is 78.7 cm³/mol. The number of nitrogens with two attached hydrogens (primary N) is 1. The SMILES string of the molecule is Nc1ccncc1S(=O)(=O)N(Cc1cccs1)C1CC1. The molecule has 0 spiro atoms. The lowest BCUT2D eigenvalue weighted by molar-refractivity contribution is 0.401. The van der Waals surface area contributed by atoms with Crippen LogP contribution in [-0.4, -0.2) is 23.7 Å². The maximum absolute atomic E-state index is 12.8. The molecule has 2 N–H and O–H groups in total. The van der Waals surface area contributed by atoms with Crippen molar-refractivity contribution in [2.75, 3.05) is 5.73 Å². The highest BCUT2D eigenvalue weighted by Gasteiger charge is 2.39. The minimum absolute atomic E-state index is 0.0849. The fraction of sp³-hybridized carbons (Fsp3) is 0.308. The van der Waals surface area contributed by atoms with Gasteiger partial charge in [0.2, 0.25) is 10.0 Å². The highest BCUT2D eigenvalue weighted by Crippen LogP contribution is 2.35. The molecule has 3 rings (SSSR count). The van der Waals surface area contributed by atoms with Gasteiger partial charge in [0.25, 0.3) is 0 Å². The van der Waals surface area contributed by atoms with E-state index in [4.69, 9.17) is 5.73 Å². The Balaban J connectivity index is 1.96. The third-order valence-electron chi connectivity index (χ3n) is 3.25. The van der Waals surface area contributed by atoms with Crippen molar-refractivity contribution in [1.82, 2.24) is 9.29 Å². The zero-order chi connectivity index (χ0) is 14.2. The number of anilines is 1. The van der Waals surface area contributed by atoms with Crippen molar-refractivity contribution in [3.63, 3.8) is 0 Å². The van der Waals surface area contributed by atoms with Crippen LogP contribution in [0.15, 0.2) is 40.9 Å². The summed E-state index contributed by atoms with van der Waals surface area (Å²) < 4.78 is 27.1. The first-order valence-corrected chi connectivity index (χ1v) is 8.65. The van der Waals surface area contributed by atoms with Gasteiger partial charge in [-0.1, -0.05) is 6.07 Å². The summed E-state index contributed by atoms with van der Waals surface area (Å²) in [7, 11) is -3.59. The van der Waals surface area contributed by atoms with E-state index in [2.05, 4.69) is 4.98 Å². The molecule has 2 aromatic heterocycles. The summed E-state index contributed by atoms with van der Waals surface area (Å²) in [6.45, 7) is 0.402. The number of hydrogen-bond acceptors (Lipinski definition) is 5. The molecule has 1 fully saturated rings. The lowest BCUT2D eigenvalue weighted by Gasteiger charge is -2.21. The minimum Gasteiger partial charge on any atom is -0.398 e. The van der Waals surface area contributed by atoms with E-state index >= 15 is 0 Å². The molecule has 106 valence electrons. The summed E-state index contributed by atoms with van der Waals surface area (Å²) >= 11 is 1.56. The normalized spacial score (nSPS) is 15.7. The molecule has 0 atom stereocenters. The molecule has 20 heavy (non-hydrogen) atoms. The average molecular weight is 309 g/mol. The highest BCUT2D eigenvalue weighted by molar-refractivity contribution is 7.89. The van der Waals surface area contributed by atoms with E-state index in [0.29, 0.717) is 6.54 Å². The van der Waals surface area contributed by atoms with E-state index < -0.39 is 10.0 Å². The number of nitrogen functional groups attached to an aromatic ring is 1. The fourth-order valence-electron chi connectivity index (χ4n) is 2.06. The first-order chi connectivity index (χ1) is 9.59. The quantitative estimate of drug-likeness (QED) is 0.917. The molecule has 1 saturated carbocycles. The van der Waals surface area contributed by atoms with E-state index in [1.54, 1.807) is 15.6 Å². The van der Waals surface area contributed by atoms with Crippen LogP contribution in [0.25, 0.3) is 0 Å². The Bertz CT molecular complexity index is 694. The van der Waals surface area contributed by atoms with E-state index in [-0.39, 0.29) is 16.6 Å². The summed E-state index contributed by atoms with van der Waals surface area (Å²) in [6, 6.07) is 5.48. The summed E-state index contributed by atoms with van der Waals surface area (Å²) in [5, 5.41) is 1.95. The van der Waals surface area contributed by atoms with E-state index in [1.165, 1.54) is 18.5 Å². The first-order valence-electron chi connectivity index (χ1n) is 6.33. The second-order valence-corrected chi connectivity index (χ2v) is 7.67. The summed E-state index contributed by atoms with van der Waals surface area (Å²) in [4.78, 5) is 5.02. The number of pyridine rings is 1. The maximum atomic E-state index is 12.8. The van der Waals surface area contributed by atoms with Crippen LogP contribution < -0.4 is 5.73 Å². The molecular weight excluding hydrogens is 294 g/mol. The molecule has 0 bridgehead atoms. The number of aromatic nitrogens is 1. The number of sulfonamides is 1. The molecule has 0 aliphatic heterocycles. The van der Waals surface area contributed by atoms with Crippen molar-refractivity contribution in [1.29, 1.82) is 0 Å². The van der Waals surface area contributed by atoms with Crippen molar-refractivity contribution < 1.29 is 8.42 Å².